The number of hydrogen-bond acceptors (Lipinski definition) is 3. The second kappa shape index (κ2) is 8.59. The molecule has 2 atom stereocenters. The molecule has 4 heteroatoms. The molecule has 0 saturated heterocycles. The Balaban J connectivity index is 1.55. The van der Waals surface area contributed by atoms with E-state index in [1.165, 1.54) is 12.1 Å². The number of rotatable bonds is 7. The average Bonchev–Trinajstić information content (AvgIpc) is 2.68. The fraction of sp³-hybridized carbons (Fsp3) is 0.227. The molecule has 0 bridgehead atoms. The van der Waals surface area contributed by atoms with Crippen LogP contribution in [0.1, 0.15) is 18.9 Å². The molecule has 26 heavy (non-hydrogen) atoms. The Bertz CT molecular complexity index is 804. The molecule has 0 radical (unpaired) electrons. The highest BCUT2D eigenvalue weighted by Gasteiger charge is 2.16. The van der Waals surface area contributed by atoms with Gasteiger partial charge in [0.25, 0.3) is 0 Å². The molecular weight excluding hydrogens is 329 g/mol. The number of aryl methyl sites for hydroxylation is 1. The Morgan fingerprint density at radius 3 is 2.27 bits per heavy atom. The summed E-state index contributed by atoms with van der Waals surface area (Å²) in [5.41, 5.74) is 3.03. The van der Waals surface area contributed by atoms with Crippen molar-refractivity contribution in [2.24, 2.45) is 0 Å². The number of nitrogens with zero attached hydrogens (tertiary/aromatic N) is 1. The maximum Gasteiger partial charge on any atom is 0.123 e. The number of pyridine rings is 1. The van der Waals surface area contributed by atoms with Gasteiger partial charge in [0.1, 0.15) is 17.7 Å². The van der Waals surface area contributed by atoms with Gasteiger partial charge in [-0.3, -0.25) is 4.98 Å². The van der Waals surface area contributed by atoms with E-state index in [2.05, 4.69) is 4.98 Å². The molecule has 3 rings (SSSR count). The smallest absolute Gasteiger partial charge is 0.123 e. The van der Waals surface area contributed by atoms with Crippen LogP contribution in [0.2, 0.25) is 0 Å². The van der Waals surface area contributed by atoms with E-state index in [-0.39, 0.29) is 11.9 Å². The number of hydrogen-bond donors (Lipinski definition) is 1. The number of aromatic nitrogens is 1. The van der Waals surface area contributed by atoms with Crippen molar-refractivity contribution < 1.29 is 14.2 Å². The first kappa shape index (κ1) is 18.1. The zero-order chi connectivity index (χ0) is 18.4. The molecule has 0 fully saturated rings. The first-order chi connectivity index (χ1) is 12.6. The summed E-state index contributed by atoms with van der Waals surface area (Å²) in [6, 6.07) is 17.9. The highest BCUT2D eigenvalue weighted by Crippen LogP contribution is 2.23. The molecule has 0 amide bonds. The second-order valence-corrected chi connectivity index (χ2v) is 6.32. The van der Waals surface area contributed by atoms with E-state index < -0.39 is 6.10 Å². The van der Waals surface area contributed by atoms with E-state index in [4.69, 9.17) is 4.74 Å². The van der Waals surface area contributed by atoms with Gasteiger partial charge in [-0.2, -0.15) is 0 Å². The van der Waals surface area contributed by atoms with Crippen molar-refractivity contribution in [3.05, 3.63) is 84.4 Å². The topological polar surface area (TPSA) is 42.4 Å². The molecule has 0 aliphatic heterocycles. The second-order valence-electron chi connectivity index (χ2n) is 6.32. The van der Waals surface area contributed by atoms with Gasteiger partial charge in [0.15, 0.2) is 0 Å². The number of aliphatic hydroxyl groups is 1. The monoisotopic (exact) mass is 351 g/mol. The van der Waals surface area contributed by atoms with Crippen LogP contribution in [0.15, 0.2) is 73.1 Å². The van der Waals surface area contributed by atoms with Crippen molar-refractivity contribution in [3.8, 4) is 16.9 Å². The Kier molecular flexibility index (Phi) is 5.97. The fourth-order valence-corrected chi connectivity index (χ4v) is 2.76. The summed E-state index contributed by atoms with van der Waals surface area (Å²) >= 11 is 0. The molecule has 2 aromatic carbocycles. The molecule has 3 nitrogen and oxygen atoms in total. The van der Waals surface area contributed by atoms with Crippen molar-refractivity contribution in [2.45, 2.75) is 32.0 Å². The van der Waals surface area contributed by atoms with Gasteiger partial charge in [-0.25, -0.2) is 4.39 Å². The van der Waals surface area contributed by atoms with Crippen LogP contribution < -0.4 is 4.74 Å². The number of ether oxygens (including phenoxy) is 1. The fourth-order valence-electron chi connectivity index (χ4n) is 2.76. The third kappa shape index (κ3) is 4.90. The Morgan fingerprint density at radius 2 is 1.65 bits per heavy atom. The van der Waals surface area contributed by atoms with Gasteiger partial charge in [-0.1, -0.05) is 30.3 Å². The molecule has 2 unspecified atom stereocenters. The summed E-state index contributed by atoms with van der Waals surface area (Å²) in [4.78, 5) is 4.08. The third-order valence-electron chi connectivity index (χ3n) is 4.35. The molecule has 1 heterocycles. The molecule has 0 spiro atoms. The summed E-state index contributed by atoms with van der Waals surface area (Å²) in [6.07, 6.45) is 4.04. The largest absolute Gasteiger partial charge is 0.488 e. The van der Waals surface area contributed by atoms with Gasteiger partial charge in [0.05, 0.1) is 6.10 Å². The van der Waals surface area contributed by atoms with Crippen LogP contribution in [-0.2, 0) is 6.42 Å². The van der Waals surface area contributed by atoms with Crippen LogP contribution in [0.3, 0.4) is 0 Å². The van der Waals surface area contributed by atoms with Crippen LogP contribution in [-0.4, -0.2) is 22.3 Å². The molecule has 0 saturated carbocycles. The van der Waals surface area contributed by atoms with Gasteiger partial charge >= 0.3 is 0 Å². The number of benzene rings is 2. The molecule has 3 aromatic rings. The minimum Gasteiger partial charge on any atom is -0.488 e. The minimum atomic E-state index is -0.563. The lowest BCUT2D eigenvalue weighted by Crippen LogP contribution is -2.29. The van der Waals surface area contributed by atoms with Crippen LogP contribution >= 0.6 is 0 Å². The lowest BCUT2D eigenvalue weighted by molar-refractivity contribution is 0.0420. The van der Waals surface area contributed by atoms with Crippen LogP contribution in [0.4, 0.5) is 4.39 Å². The third-order valence-corrected chi connectivity index (χ3v) is 4.35. The van der Waals surface area contributed by atoms with Gasteiger partial charge in [0, 0.05) is 12.4 Å². The van der Waals surface area contributed by atoms with Crippen molar-refractivity contribution in [3.63, 3.8) is 0 Å². The summed E-state index contributed by atoms with van der Waals surface area (Å²) in [5, 5.41) is 10.3. The van der Waals surface area contributed by atoms with E-state index in [9.17, 15) is 9.50 Å². The zero-order valence-electron chi connectivity index (χ0n) is 14.7. The van der Waals surface area contributed by atoms with E-state index in [1.54, 1.807) is 18.3 Å². The van der Waals surface area contributed by atoms with Gasteiger partial charge < -0.3 is 9.84 Å². The van der Waals surface area contributed by atoms with Crippen LogP contribution in [0, 0.1) is 5.82 Å². The highest BCUT2D eigenvalue weighted by atomic mass is 19.1. The number of aliphatic hydroxyl groups excluding tert-OH is 1. The molecule has 0 aliphatic carbocycles. The predicted molar refractivity (Wildman–Crippen MR) is 100 cm³/mol. The lowest BCUT2D eigenvalue weighted by Gasteiger charge is -2.20. The zero-order valence-corrected chi connectivity index (χ0v) is 14.7. The number of halogens is 1. The summed E-state index contributed by atoms with van der Waals surface area (Å²) < 4.78 is 18.9. The maximum absolute atomic E-state index is 13.0. The maximum atomic E-state index is 13.0. The van der Waals surface area contributed by atoms with Crippen molar-refractivity contribution >= 4 is 0 Å². The average molecular weight is 351 g/mol. The molecule has 1 N–H and O–H groups in total. The Labute approximate surface area is 153 Å². The van der Waals surface area contributed by atoms with Gasteiger partial charge in [-0.15, -0.1) is 0 Å². The SMILES string of the molecule is CC(Oc1ccc(-c2ccc(F)cc2)cc1)C(O)CCc1cccnc1. The first-order valence-electron chi connectivity index (χ1n) is 8.71. The van der Waals surface area contributed by atoms with Crippen molar-refractivity contribution in [2.75, 3.05) is 0 Å². The Hall–Kier alpha value is -2.72. The van der Waals surface area contributed by atoms with E-state index in [0.29, 0.717) is 12.2 Å². The normalized spacial score (nSPS) is 13.2. The van der Waals surface area contributed by atoms with Crippen LogP contribution in [0.5, 0.6) is 5.75 Å². The van der Waals surface area contributed by atoms with Crippen molar-refractivity contribution in [1.29, 1.82) is 0 Å². The quantitative estimate of drug-likeness (QED) is 0.674. The summed E-state index contributed by atoms with van der Waals surface area (Å²) in [6.45, 7) is 1.86. The highest BCUT2D eigenvalue weighted by molar-refractivity contribution is 5.63. The standard InChI is InChI=1S/C22H22FNO2/c1-16(22(25)13-4-17-3-2-14-24-15-17)26-21-11-7-19(8-12-21)18-5-9-20(23)10-6-18/h2-3,5-12,14-16,22,25H,4,13H2,1H3. The molecule has 134 valence electrons. The first-order valence-corrected chi connectivity index (χ1v) is 8.71. The Morgan fingerprint density at radius 1 is 1.00 bits per heavy atom. The van der Waals surface area contributed by atoms with E-state index in [1.807, 2.05) is 49.5 Å². The lowest BCUT2D eigenvalue weighted by atomic mass is 10.0. The molecule has 0 aliphatic rings. The predicted octanol–water partition coefficient (Wildman–Crippen LogP) is 4.65. The van der Waals surface area contributed by atoms with Crippen molar-refractivity contribution in [1.82, 2.24) is 4.98 Å². The minimum absolute atomic E-state index is 0.247. The van der Waals surface area contributed by atoms with Crippen LogP contribution in [0.25, 0.3) is 11.1 Å². The van der Waals surface area contributed by atoms with E-state index in [0.717, 1.165) is 23.1 Å². The van der Waals surface area contributed by atoms with Gasteiger partial charge in [-0.05, 0) is 66.8 Å². The van der Waals surface area contributed by atoms with E-state index >= 15 is 0 Å². The van der Waals surface area contributed by atoms with Gasteiger partial charge in [0.2, 0.25) is 0 Å². The molecular formula is C22H22FNO2. The summed E-state index contributed by atoms with van der Waals surface area (Å²) in [7, 11) is 0. The summed E-state index contributed by atoms with van der Waals surface area (Å²) in [5.74, 6) is 0.451. The molecule has 1 aromatic heterocycles.